The molecule has 2 aromatic rings. The Morgan fingerprint density at radius 3 is 2.43 bits per heavy atom. The third kappa shape index (κ3) is 2.79. The number of amides is 1. The Morgan fingerprint density at radius 1 is 1.22 bits per heavy atom. The van der Waals surface area contributed by atoms with Crippen molar-refractivity contribution in [2.24, 2.45) is 0 Å². The number of hydrogen-bond donors (Lipinski definition) is 0. The third-order valence-corrected chi connectivity index (χ3v) is 4.34. The normalized spacial score (nSPS) is 19.5. The number of benzene rings is 1. The van der Waals surface area contributed by atoms with Crippen LogP contribution in [0.1, 0.15) is 25.6 Å². The topological polar surface area (TPSA) is 45.7 Å². The van der Waals surface area contributed by atoms with Gasteiger partial charge in [-0.25, -0.2) is 0 Å². The second kappa shape index (κ2) is 6.36. The third-order valence-electron chi connectivity index (χ3n) is 4.34. The van der Waals surface area contributed by atoms with E-state index in [1.807, 2.05) is 55.1 Å². The van der Waals surface area contributed by atoms with E-state index in [0.29, 0.717) is 13.1 Å². The number of anilines is 1. The van der Waals surface area contributed by atoms with Crippen LogP contribution in [0.2, 0.25) is 0 Å². The summed E-state index contributed by atoms with van der Waals surface area (Å²) in [4.78, 5) is 16.8. The molecule has 1 saturated heterocycles. The van der Waals surface area contributed by atoms with Crippen molar-refractivity contribution in [3.63, 3.8) is 0 Å². The summed E-state index contributed by atoms with van der Waals surface area (Å²) in [5.74, 6) is 1.77. The highest BCUT2D eigenvalue weighted by Gasteiger charge is 2.56. The predicted octanol–water partition coefficient (Wildman–Crippen LogP) is 3.09. The molecule has 1 aromatic heterocycles. The molecule has 0 aliphatic carbocycles. The first-order valence-corrected chi connectivity index (χ1v) is 7.95. The van der Waals surface area contributed by atoms with Crippen molar-refractivity contribution in [1.82, 2.24) is 4.90 Å². The lowest BCUT2D eigenvalue weighted by Crippen LogP contribution is -2.35. The number of methoxy groups -OCH3 is 1. The molecule has 3 rings (SSSR count). The van der Waals surface area contributed by atoms with E-state index in [9.17, 15) is 4.79 Å². The number of likely N-dealkylation sites (N-methyl/N-ethyl adjacent to an activating group) is 1. The van der Waals surface area contributed by atoms with Crippen molar-refractivity contribution in [2.75, 3.05) is 25.1 Å². The monoisotopic (exact) mass is 314 g/mol. The van der Waals surface area contributed by atoms with E-state index in [0.717, 1.165) is 17.2 Å². The molecule has 5 heteroatoms. The largest absolute Gasteiger partial charge is 0.497 e. The maximum atomic E-state index is 12.8. The van der Waals surface area contributed by atoms with Gasteiger partial charge in [-0.1, -0.05) is 0 Å². The van der Waals surface area contributed by atoms with E-state index < -0.39 is 0 Å². The summed E-state index contributed by atoms with van der Waals surface area (Å²) < 4.78 is 10.7. The van der Waals surface area contributed by atoms with Gasteiger partial charge in [-0.15, -0.1) is 0 Å². The molecule has 0 spiro atoms. The number of furan rings is 1. The molecule has 2 atom stereocenters. The molecule has 0 N–H and O–H groups in total. The highest BCUT2D eigenvalue weighted by Crippen LogP contribution is 2.48. The van der Waals surface area contributed by atoms with Gasteiger partial charge in [0.05, 0.1) is 13.4 Å². The van der Waals surface area contributed by atoms with Gasteiger partial charge in [-0.3, -0.25) is 4.79 Å². The molecule has 0 radical (unpaired) electrons. The Balaban J connectivity index is 1.88. The quantitative estimate of drug-likeness (QED) is 0.769. The molecule has 1 aliphatic heterocycles. The summed E-state index contributed by atoms with van der Waals surface area (Å²) in [7, 11) is 1.64. The Bertz CT molecular complexity index is 647. The Kier molecular flexibility index (Phi) is 4.28. The highest BCUT2D eigenvalue weighted by molar-refractivity contribution is 5.92. The highest BCUT2D eigenvalue weighted by atomic mass is 16.5. The molecule has 0 saturated carbocycles. The Labute approximate surface area is 136 Å². The zero-order valence-corrected chi connectivity index (χ0v) is 13.7. The molecular weight excluding hydrogens is 292 g/mol. The van der Waals surface area contributed by atoms with Crippen LogP contribution in [0.3, 0.4) is 0 Å². The Morgan fingerprint density at radius 2 is 1.91 bits per heavy atom. The lowest BCUT2D eigenvalue weighted by atomic mass is 10.2. The molecule has 2 heterocycles. The van der Waals surface area contributed by atoms with Gasteiger partial charge in [0.25, 0.3) is 0 Å². The number of nitrogens with zero attached hydrogens (tertiary/aromatic N) is 2. The smallest absolute Gasteiger partial charge is 0.247 e. The van der Waals surface area contributed by atoms with Crippen molar-refractivity contribution in [1.29, 1.82) is 0 Å². The van der Waals surface area contributed by atoms with E-state index in [1.165, 1.54) is 0 Å². The summed E-state index contributed by atoms with van der Waals surface area (Å²) in [5, 5.41) is 0. The maximum Gasteiger partial charge on any atom is 0.247 e. The average Bonchev–Trinajstić information content (AvgIpc) is 3.09. The van der Waals surface area contributed by atoms with Crippen molar-refractivity contribution in [2.45, 2.75) is 25.9 Å². The van der Waals surface area contributed by atoms with Crippen LogP contribution in [0.5, 0.6) is 5.75 Å². The van der Waals surface area contributed by atoms with Crippen LogP contribution in [-0.2, 0) is 4.79 Å². The van der Waals surface area contributed by atoms with Gasteiger partial charge in [0.2, 0.25) is 5.91 Å². The molecule has 0 bridgehead atoms. The van der Waals surface area contributed by atoms with Gasteiger partial charge in [0.1, 0.15) is 23.6 Å². The van der Waals surface area contributed by atoms with Crippen LogP contribution in [0.25, 0.3) is 0 Å². The van der Waals surface area contributed by atoms with Crippen molar-refractivity contribution >= 4 is 11.6 Å². The van der Waals surface area contributed by atoms with Crippen LogP contribution >= 0.6 is 0 Å². The predicted molar refractivity (Wildman–Crippen MR) is 88.6 cm³/mol. The fraction of sp³-hybridized carbons (Fsp3) is 0.389. The molecule has 1 amide bonds. The summed E-state index contributed by atoms with van der Waals surface area (Å²) >= 11 is 0. The molecule has 0 unspecified atom stereocenters. The molecule has 23 heavy (non-hydrogen) atoms. The second-order valence-corrected chi connectivity index (χ2v) is 5.52. The van der Waals surface area contributed by atoms with Crippen molar-refractivity contribution in [3.05, 3.63) is 48.4 Å². The number of rotatable bonds is 6. The Hall–Kier alpha value is -2.43. The van der Waals surface area contributed by atoms with Gasteiger partial charge in [-0.2, -0.15) is 0 Å². The lowest BCUT2D eigenvalue weighted by molar-refractivity contribution is -0.130. The minimum absolute atomic E-state index is 0.0357. The summed E-state index contributed by atoms with van der Waals surface area (Å²) in [5.41, 5.74) is 0.998. The van der Waals surface area contributed by atoms with Gasteiger partial charge >= 0.3 is 0 Å². The van der Waals surface area contributed by atoms with Crippen LogP contribution in [0, 0.1) is 0 Å². The van der Waals surface area contributed by atoms with E-state index >= 15 is 0 Å². The van der Waals surface area contributed by atoms with Gasteiger partial charge in [0, 0.05) is 18.8 Å². The molecule has 5 nitrogen and oxygen atoms in total. The molecule has 122 valence electrons. The zero-order valence-electron chi connectivity index (χ0n) is 13.7. The minimum atomic E-state index is -0.200. The van der Waals surface area contributed by atoms with Gasteiger partial charge in [-0.05, 0) is 50.2 Å². The van der Waals surface area contributed by atoms with E-state index in [4.69, 9.17) is 9.15 Å². The lowest BCUT2D eigenvalue weighted by Gasteiger charge is -2.18. The van der Waals surface area contributed by atoms with Gasteiger partial charge < -0.3 is 19.0 Å². The van der Waals surface area contributed by atoms with Crippen LogP contribution in [0.4, 0.5) is 5.69 Å². The summed E-state index contributed by atoms with van der Waals surface area (Å²) in [6, 6.07) is 11.3. The zero-order chi connectivity index (χ0) is 16.4. The first-order valence-electron chi connectivity index (χ1n) is 7.95. The summed E-state index contributed by atoms with van der Waals surface area (Å²) in [6.07, 6.45) is 1.65. The summed E-state index contributed by atoms with van der Waals surface area (Å²) in [6.45, 7) is 5.44. The molecule has 1 aliphatic rings. The standard InChI is InChI=1S/C18H22N2O3/c1-4-19(5-2)18(21)17-16(15-7-6-12-23-15)20(17)13-8-10-14(22-3)11-9-13/h6-12,16-17H,4-5H2,1-3H3/t16-,17+,20?/m0/s1. The average molecular weight is 314 g/mol. The van der Waals surface area contributed by atoms with Crippen LogP contribution < -0.4 is 9.64 Å². The number of carbonyl (C=O) groups excluding carboxylic acids is 1. The SMILES string of the molecule is CCN(CC)C(=O)[C@H]1[C@H](c2ccco2)N1c1ccc(OC)cc1. The first-order chi connectivity index (χ1) is 11.2. The number of hydrogen-bond acceptors (Lipinski definition) is 4. The maximum absolute atomic E-state index is 12.8. The van der Waals surface area contributed by atoms with Crippen molar-refractivity contribution in [3.8, 4) is 5.75 Å². The molecule has 1 fully saturated rings. The van der Waals surface area contributed by atoms with Crippen molar-refractivity contribution < 1.29 is 13.9 Å². The minimum Gasteiger partial charge on any atom is -0.497 e. The van der Waals surface area contributed by atoms with E-state index in [2.05, 4.69) is 4.90 Å². The van der Waals surface area contributed by atoms with Crippen LogP contribution in [0.15, 0.2) is 47.1 Å². The fourth-order valence-electron chi connectivity index (χ4n) is 3.04. The number of ether oxygens (including phenoxy) is 1. The number of carbonyl (C=O) groups is 1. The van der Waals surface area contributed by atoms with Gasteiger partial charge in [0.15, 0.2) is 0 Å². The molecular formula is C18H22N2O3. The first kappa shape index (κ1) is 15.5. The second-order valence-electron chi connectivity index (χ2n) is 5.52. The fourth-order valence-corrected chi connectivity index (χ4v) is 3.04. The molecule has 1 aromatic carbocycles. The van der Waals surface area contributed by atoms with E-state index in [1.54, 1.807) is 13.4 Å². The van der Waals surface area contributed by atoms with E-state index in [-0.39, 0.29) is 18.0 Å². The van der Waals surface area contributed by atoms with Crippen LogP contribution in [-0.4, -0.2) is 37.0 Å².